The Hall–Kier alpha value is -3.17. The molecular formula is C20H18ClN5O. The predicted molar refractivity (Wildman–Crippen MR) is 104 cm³/mol. The van der Waals surface area contributed by atoms with Crippen LogP contribution in [0.5, 0.6) is 0 Å². The van der Waals surface area contributed by atoms with Crippen LogP contribution < -0.4 is 5.32 Å². The van der Waals surface area contributed by atoms with Crippen LogP contribution in [0.3, 0.4) is 0 Å². The molecule has 0 aliphatic heterocycles. The van der Waals surface area contributed by atoms with Gasteiger partial charge in [-0.05, 0) is 48.0 Å². The highest BCUT2D eigenvalue weighted by Crippen LogP contribution is 2.18. The lowest BCUT2D eigenvalue weighted by molar-refractivity contribution is -0.124. The van der Waals surface area contributed by atoms with Crippen molar-refractivity contribution < 1.29 is 4.79 Å². The monoisotopic (exact) mass is 379 g/mol. The fraction of sp³-hybridized carbons (Fsp3) is 0.200. The molecule has 0 saturated carbocycles. The molecule has 0 fully saturated rings. The highest BCUT2D eigenvalue weighted by atomic mass is 35.5. The van der Waals surface area contributed by atoms with E-state index in [2.05, 4.69) is 32.6 Å². The average Bonchev–Trinajstić information content (AvgIpc) is 3.17. The summed E-state index contributed by atoms with van der Waals surface area (Å²) in [5, 5.41) is 15.8. The van der Waals surface area contributed by atoms with Gasteiger partial charge < -0.3 is 5.32 Å². The molecule has 1 amide bonds. The highest BCUT2D eigenvalue weighted by molar-refractivity contribution is 6.30. The lowest BCUT2D eigenvalue weighted by Gasteiger charge is -2.11. The summed E-state index contributed by atoms with van der Waals surface area (Å²) in [6.45, 7) is 2.15. The van der Waals surface area contributed by atoms with Gasteiger partial charge in [0.25, 0.3) is 0 Å². The van der Waals surface area contributed by atoms with E-state index in [9.17, 15) is 4.79 Å². The van der Waals surface area contributed by atoms with Crippen molar-refractivity contribution in [3.8, 4) is 23.2 Å². The van der Waals surface area contributed by atoms with E-state index in [-0.39, 0.29) is 12.5 Å². The van der Waals surface area contributed by atoms with Crippen molar-refractivity contribution in [2.75, 3.05) is 6.54 Å². The molecule has 0 bridgehead atoms. The van der Waals surface area contributed by atoms with Gasteiger partial charge in [-0.15, -0.1) is 10.2 Å². The molecule has 0 saturated heterocycles. The summed E-state index contributed by atoms with van der Waals surface area (Å²) in [6.07, 6.45) is 0.536. The minimum absolute atomic E-state index is 0.195. The summed E-state index contributed by atoms with van der Waals surface area (Å²) in [4.78, 5) is 13.8. The maximum atomic E-state index is 12.5. The molecule has 1 N–H and O–H groups in total. The van der Waals surface area contributed by atoms with E-state index in [1.165, 1.54) is 4.80 Å². The molecule has 0 spiro atoms. The summed E-state index contributed by atoms with van der Waals surface area (Å²) in [7, 11) is 0. The lowest BCUT2D eigenvalue weighted by Crippen LogP contribution is -2.33. The molecule has 6 nitrogen and oxygen atoms in total. The molecule has 136 valence electrons. The highest BCUT2D eigenvalue weighted by Gasteiger charge is 2.21. The number of hydrogen-bond donors (Lipinski definition) is 1. The number of halogens is 1. The van der Waals surface area contributed by atoms with E-state index in [0.717, 1.165) is 11.1 Å². The summed E-state index contributed by atoms with van der Waals surface area (Å²) in [6, 6.07) is 16.2. The number of amides is 1. The van der Waals surface area contributed by atoms with Gasteiger partial charge in [0.15, 0.2) is 6.04 Å². The third-order valence-electron chi connectivity index (χ3n) is 3.86. The molecule has 27 heavy (non-hydrogen) atoms. The molecular weight excluding hydrogens is 362 g/mol. The number of aromatic nitrogens is 4. The number of carbonyl (C=O) groups excluding carboxylic acids is 1. The van der Waals surface area contributed by atoms with Gasteiger partial charge in [-0.25, -0.2) is 0 Å². The third kappa shape index (κ3) is 4.93. The van der Waals surface area contributed by atoms with Crippen LogP contribution in [-0.2, 0) is 4.79 Å². The zero-order valence-corrected chi connectivity index (χ0v) is 15.5. The predicted octanol–water partition coefficient (Wildman–Crippen LogP) is 3.11. The van der Waals surface area contributed by atoms with Crippen LogP contribution in [0.25, 0.3) is 11.4 Å². The van der Waals surface area contributed by atoms with Crippen molar-refractivity contribution in [2.45, 2.75) is 19.4 Å². The number of tetrazole rings is 1. The molecule has 2 aromatic carbocycles. The van der Waals surface area contributed by atoms with Gasteiger partial charge in [0.05, 0.1) is 6.54 Å². The summed E-state index contributed by atoms with van der Waals surface area (Å²) < 4.78 is 0. The van der Waals surface area contributed by atoms with E-state index in [4.69, 9.17) is 11.6 Å². The van der Waals surface area contributed by atoms with E-state index < -0.39 is 6.04 Å². The van der Waals surface area contributed by atoms with Crippen LogP contribution in [0.1, 0.15) is 24.9 Å². The average molecular weight is 380 g/mol. The number of nitrogens with one attached hydrogen (secondary N) is 1. The van der Waals surface area contributed by atoms with Gasteiger partial charge in [-0.2, -0.15) is 4.80 Å². The quantitative estimate of drug-likeness (QED) is 0.691. The van der Waals surface area contributed by atoms with E-state index in [0.29, 0.717) is 17.3 Å². The van der Waals surface area contributed by atoms with Gasteiger partial charge in [0.2, 0.25) is 11.7 Å². The van der Waals surface area contributed by atoms with Crippen molar-refractivity contribution in [1.82, 2.24) is 25.5 Å². The van der Waals surface area contributed by atoms with E-state index in [1.807, 2.05) is 49.4 Å². The van der Waals surface area contributed by atoms with Crippen molar-refractivity contribution in [3.05, 3.63) is 65.2 Å². The second kappa shape index (κ2) is 8.97. The molecule has 3 rings (SSSR count). The van der Waals surface area contributed by atoms with Crippen molar-refractivity contribution >= 4 is 17.5 Å². The first-order valence-corrected chi connectivity index (χ1v) is 8.92. The molecule has 1 atom stereocenters. The smallest absolute Gasteiger partial charge is 0.247 e. The Bertz CT molecular complexity index is 957. The molecule has 1 heterocycles. The van der Waals surface area contributed by atoms with E-state index in [1.54, 1.807) is 12.1 Å². The summed E-state index contributed by atoms with van der Waals surface area (Å²) in [5.41, 5.74) is 1.69. The van der Waals surface area contributed by atoms with Gasteiger partial charge in [-0.1, -0.05) is 48.6 Å². The number of carbonyl (C=O) groups is 1. The Morgan fingerprint density at radius 1 is 1.19 bits per heavy atom. The first kappa shape index (κ1) is 18.6. The Kier molecular flexibility index (Phi) is 6.18. The minimum Gasteiger partial charge on any atom is -0.343 e. The fourth-order valence-corrected chi connectivity index (χ4v) is 2.57. The molecule has 0 radical (unpaired) electrons. The van der Waals surface area contributed by atoms with Gasteiger partial charge in [-0.3, -0.25) is 4.79 Å². The second-order valence-corrected chi connectivity index (χ2v) is 6.19. The first-order valence-electron chi connectivity index (χ1n) is 8.54. The Morgan fingerprint density at radius 2 is 1.93 bits per heavy atom. The zero-order valence-electron chi connectivity index (χ0n) is 14.8. The topological polar surface area (TPSA) is 72.7 Å². The number of rotatable bonds is 5. The molecule has 1 aromatic heterocycles. The standard InChI is InChI=1S/C20H18ClN5O/c1-2-18(20(27)22-14-6-9-15-7-4-3-5-8-15)26-24-19(23-25-26)16-10-12-17(21)13-11-16/h3-5,7-8,10-13,18H,2,14H2,1H3,(H,22,27). The number of benzene rings is 2. The summed E-state index contributed by atoms with van der Waals surface area (Å²) >= 11 is 5.89. The van der Waals surface area contributed by atoms with Crippen molar-refractivity contribution in [3.63, 3.8) is 0 Å². The summed E-state index contributed by atoms with van der Waals surface area (Å²) in [5.74, 6) is 6.19. The molecule has 7 heteroatoms. The van der Waals surface area contributed by atoms with Crippen LogP contribution in [0.2, 0.25) is 5.02 Å². The molecule has 0 aliphatic carbocycles. The van der Waals surface area contributed by atoms with Gasteiger partial charge in [0, 0.05) is 16.1 Å². The number of hydrogen-bond acceptors (Lipinski definition) is 4. The van der Waals surface area contributed by atoms with Crippen LogP contribution in [-0.4, -0.2) is 32.7 Å². The van der Waals surface area contributed by atoms with Gasteiger partial charge in [0.1, 0.15) is 0 Å². The minimum atomic E-state index is -0.544. The second-order valence-electron chi connectivity index (χ2n) is 5.75. The molecule has 0 aliphatic rings. The SMILES string of the molecule is CCC(C(=O)NCC#Cc1ccccc1)n1nnc(-c2ccc(Cl)cc2)n1. The van der Waals surface area contributed by atoms with Crippen molar-refractivity contribution in [1.29, 1.82) is 0 Å². The van der Waals surface area contributed by atoms with Crippen molar-refractivity contribution in [2.24, 2.45) is 0 Å². The van der Waals surface area contributed by atoms with Crippen LogP contribution in [0, 0.1) is 11.8 Å². The maximum Gasteiger partial charge on any atom is 0.247 e. The molecule has 1 unspecified atom stereocenters. The normalized spacial score (nSPS) is 11.3. The zero-order chi connectivity index (χ0) is 19.1. The Balaban J connectivity index is 1.63. The third-order valence-corrected chi connectivity index (χ3v) is 4.11. The lowest BCUT2D eigenvalue weighted by atomic mass is 10.2. The largest absolute Gasteiger partial charge is 0.343 e. The van der Waals surface area contributed by atoms with E-state index >= 15 is 0 Å². The Morgan fingerprint density at radius 3 is 2.63 bits per heavy atom. The fourth-order valence-electron chi connectivity index (χ4n) is 2.44. The van der Waals surface area contributed by atoms with Crippen LogP contribution in [0.15, 0.2) is 54.6 Å². The first-order chi connectivity index (χ1) is 13.2. The number of nitrogens with zero attached hydrogens (tertiary/aromatic N) is 4. The Labute approximate surface area is 162 Å². The maximum absolute atomic E-state index is 12.5. The molecule has 3 aromatic rings. The van der Waals surface area contributed by atoms with Crippen LogP contribution in [0.4, 0.5) is 0 Å². The van der Waals surface area contributed by atoms with Crippen LogP contribution >= 0.6 is 11.6 Å². The van der Waals surface area contributed by atoms with Gasteiger partial charge >= 0.3 is 0 Å².